The molecule has 10 heteroatoms. The fourth-order valence-corrected chi connectivity index (χ4v) is 4.01. The Bertz CT molecular complexity index is 1170. The number of benzene rings is 2. The Morgan fingerprint density at radius 1 is 1.11 bits per heavy atom. The number of likely N-dealkylation sites (N-methyl/N-ethyl adjacent to an activating group) is 1. The molecule has 0 radical (unpaired) electrons. The van der Waals surface area contributed by atoms with Gasteiger partial charge in [0, 0.05) is 19.6 Å². The number of primary amides is 1. The molecule has 1 aliphatic heterocycles. The van der Waals surface area contributed by atoms with E-state index in [1.165, 1.54) is 0 Å². The summed E-state index contributed by atoms with van der Waals surface area (Å²) in [6.45, 7) is 4.75. The van der Waals surface area contributed by atoms with Gasteiger partial charge < -0.3 is 20.5 Å². The number of pyridine rings is 1. The first kappa shape index (κ1) is 28.3. The van der Waals surface area contributed by atoms with Gasteiger partial charge in [-0.05, 0) is 73.6 Å². The van der Waals surface area contributed by atoms with Crippen molar-refractivity contribution < 1.29 is 19.0 Å². The third-order valence-corrected chi connectivity index (χ3v) is 5.74. The number of phenolic OH excluding ortho intramolecular Hbond substituents is 1. The molecule has 4 rings (SSSR count). The third kappa shape index (κ3) is 7.29. The van der Waals surface area contributed by atoms with Crippen LogP contribution in [0.1, 0.15) is 22.3 Å². The van der Waals surface area contributed by atoms with Crippen LogP contribution in [0.4, 0.5) is 4.39 Å². The number of phenols is 1. The highest BCUT2D eigenvalue weighted by molar-refractivity contribution is 5.95. The van der Waals surface area contributed by atoms with E-state index in [9.17, 15) is 14.3 Å². The van der Waals surface area contributed by atoms with Gasteiger partial charge in [0.2, 0.25) is 5.88 Å². The van der Waals surface area contributed by atoms with E-state index in [0.717, 1.165) is 61.6 Å². The number of amides is 1. The van der Waals surface area contributed by atoms with E-state index in [2.05, 4.69) is 21.8 Å². The Morgan fingerprint density at radius 3 is 2.69 bits per heavy atom. The van der Waals surface area contributed by atoms with Gasteiger partial charge in [0.1, 0.15) is 22.9 Å². The number of nitrogens with zero attached hydrogens (tertiary/aromatic N) is 3. The van der Waals surface area contributed by atoms with Crippen LogP contribution in [0.3, 0.4) is 0 Å². The van der Waals surface area contributed by atoms with Crippen molar-refractivity contribution in [3.63, 3.8) is 0 Å². The van der Waals surface area contributed by atoms with Crippen LogP contribution in [0.15, 0.2) is 54.7 Å². The minimum Gasteiger partial charge on any atom is -0.508 e. The first-order chi connectivity index (χ1) is 15.9. The van der Waals surface area contributed by atoms with E-state index < -0.39 is 11.7 Å². The quantitative estimate of drug-likeness (QED) is 0.496. The van der Waals surface area contributed by atoms with Crippen LogP contribution in [0, 0.1) is 5.82 Å². The van der Waals surface area contributed by atoms with Gasteiger partial charge in [-0.3, -0.25) is 9.69 Å². The summed E-state index contributed by atoms with van der Waals surface area (Å²) in [5.41, 5.74) is 8.08. The molecule has 1 amide bonds. The molecule has 2 aromatic carbocycles. The Kier molecular flexibility index (Phi) is 10.3. The summed E-state index contributed by atoms with van der Waals surface area (Å²) in [5.74, 6) is -0.893. The van der Waals surface area contributed by atoms with Crippen molar-refractivity contribution >= 4 is 30.7 Å². The molecule has 1 aliphatic rings. The molecule has 1 fully saturated rings. The van der Waals surface area contributed by atoms with Gasteiger partial charge in [0.05, 0.1) is 6.20 Å². The van der Waals surface area contributed by atoms with Gasteiger partial charge in [0.25, 0.3) is 5.91 Å². The van der Waals surface area contributed by atoms with Crippen LogP contribution >= 0.6 is 24.8 Å². The summed E-state index contributed by atoms with van der Waals surface area (Å²) in [4.78, 5) is 20.3. The van der Waals surface area contributed by atoms with Gasteiger partial charge in [-0.25, -0.2) is 9.37 Å². The standard InChI is InChI=1S/C25H27FN4O3.2ClH/c1-29-8-3-9-30(11-10-29)16-18-12-20(31)6-7-22(18)17-4-2-5-21(13-17)33-25-23(24(27)32)14-19(26)15-28-25;;/h2,4-7,12-15,31H,3,8-11,16H2,1H3,(H2,27,32);2*1H. The Labute approximate surface area is 216 Å². The minimum atomic E-state index is -0.822. The first-order valence-corrected chi connectivity index (χ1v) is 10.9. The van der Waals surface area contributed by atoms with Crippen molar-refractivity contribution in [2.75, 3.05) is 33.2 Å². The lowest BCUT2D eigenvalue weighted by Crippen LogP contribution is -2.28. The molecule has 0 unspecified atom stereocenters. The maximum absolute atomic E-state index is 13.5. The molecule has 3 N–H and O–H groups in total. The molecular formula is C25H29Cl2FN4O3. The van der Waals surface area contributed by atoms with E-state index >= 15 is 0 Å². The highest BCUT2D eigenvalue weighted by Gasteiger charge is 2.17. The van der Waals surface area contributed by atoms with Crippen LogP contribution in [0.2, 0.25) is 0 Å². The highest BCUT2D eigenvalue weighted by Crippen LogP contribution is 2.32. The topological polar surface area (TPSA) is 91.9 Å². The molecule has 188 valence electrons. The van der Waals surface area contributed by atoms with Crippen LogP contribution in [0.25, 0.3) is 11.1 Å². The summed E-state index contributed by atoms with van der Waals surface area (Å²) >= 11 is 0. The number of hydrogen-bond donors (Lipinski definition) is 2. The molecule has 0 saturated carbocycles. The molecule has 7 nitrogen and oxygen atoms in total. The summed E-state index contributed by atoms with van der Waals surface area (Å²) in [5, 5.41) is 10.1. The van der Waals surface area contributed by atoms with Crippen LogP contribution in [-0.2, 0) is 6.54 Å². The lowest BCUT2D eigenvalue weighted by molar-refractivity contribution is 0.0997. The number of carbonyl (C=O) groups excluding carboxylic acids is 1. The number of aromatic nitrogens is 1. The van der Waals surface area contributed by atoms with Gasteiger partial charge >= 0.3 is 0 Å². The molecule has 2 heterocycles. The monoisotopic (exact) mass is 522 g/mol. The maximum Gasteiger partial charge on any atom is 0.254 e. The largest absolute Gasteiger partial charge is 0.508 e. The molecule has 0 spiro atoms. The zero-order valence-corrected chi connectivity index (χ0v) is 20.9. The van der Waals surface area contributed by atoms with E-state index in [1.807, 2.05) is 24.3 Å². The summed E-state index contributed by atoms with van der Waals surface area (Å²) in [7, 11) is 2.13. The van der Waals surface area contributed by atoms with Crippen LogP contribution in [-0.4, -0.2) is 59.0 Å². The molecule has 1 saturated heterocycles. The Hall–Kier alpha value is -2.91. The number of rotatable bonds is 6. The van der Waals surface area contributed by atoms with Gasteiger partial charge in [0.15, 0.2) is 0 Å². The van der Waals surface area contributed by atoms with E-state index in [4.69, 9.17) is 10.5 Å². The van der Waals surface area contributed by atoms with Crippen LogP contribution < -0.4 is 10.5 Å². The minimum absolute atomic E-state index is 0. The highest BCUT2D eigenvalue weighted by atomic mass is 35.5. The number of carbonyl (C=O) groups is 1. The maximum atomic E-state index is 13.5. The molecule has 0 bridgehead atoms. The molecule has 1 aromatic heterocycles. The zero-order valence-electron chi connectivity index (χ0n) is 19.3. The second kappa shape index (κ2) is 12.7. The number of hydrogen-bond acceptors (Lipinski definition) is 6. The van der Waals surface area contributed by atoms with Crippen molar-refractivity contribution in [3.8, 4) is 28.5 Å². The fourth-order valence-electron chi connectivity index (χ4n) is 4.01. The third-order valence-electron chi connectivity index (χ3n) is 5.74. The number of nitrogens with two attached hydrogens (primary N) is 1. The zero-order chi connectivity index (χ0) is 23.4. The molecule has 0 atom stereocenters. The van der Waals surface area contributed by atoms with E-state index in [0.29, 0.717) is 12.3 Å². The summed E-state index contributed by atoms with van der Waals surface area (Å²) in [6, 6.07) is 13.7. The average Bonchev–Trinajstić information content (AvgIpc) is 2.99. The number of halogens is 3. The van der Waals surface area contributed by atoms with Gasteiger partial charge in [-0.2, -0.15) is 0 Å². The van der Waals surface area contributed by atoms with Crippen LogP contribution in [0.5, 0.6) is 17.4 Å². The van der Waals surface area contributed by atoms with Crippen molar-refractivity contribution in [2.45, 2.75) is 13.0 Å². The predicted octanol–water partition coefficient (Wildman–Crippen LogP) is 4.47. The average molecular weight is 523 g/mol. The molecule has 0 aliphatic carbocycles. The van der Waals surface area contributed by atoms with Crippen molar-refractivity contribution in [1.82, 2.24) is 14.8 Å². The second-order valence-corrected chi connectivity index (χ2v) is 8.27. The lowest BCUT2D eigenvalue weighted by atomic mass is 9.98. The van der Waals surface area contributed by atoms with Crippen molar-refractivity contribution in [1.29, 1.82) is 0 Å². The fraction of sp³-hybridized carbons (Fsp3) is 0.280. The number of ether oxygens (including phenoxy) is 1. The number of aromatic hydroxyl groups is 1. The van der Waals surface area contributed by atoms with E-state index in [1.54, 1.807) is 18.2 Å². The van der Waals surface area contributed by atoms with Crippen molar-refractivity contribution in [3.05, 3.63) is 71.7 Å². The predicted molar refractivity (Wildman–Crippen MR) is 138 cm³/mol. The summed E-state index contributed by atoms with van der Waals surface area (Å²) in [6.07, 6.45) is 2.07. The first-order valence-electron chi connectivity index (χ1n) is 10.9. The Balaban J connectivity index is 0.00000216. The molecular weight excluding hydrogens is 494 g/mol. The smallest absolute Gasteiger partial charge is 0.254 e. The normalized spacial score (nSPS) is 14.3. The van der Waals surface area contributed by atoms with Gasteiger partial charge in [-0.1, -0.05) is 18.2 Å². The SMILES string of the molecule is CN1CCCN(Cc2cc(O)ccc2-c2cccc(Oc3ncc(F)cc3C(N)=O)c2)CC1.Cl.Cl. The molecule has 3 aromatic rings. The summed E-state index contributed by atoms with van der Waals surface area (Å²) < 4.78 is 19.3. The molecule has 35 heavy (non-hydrogen) atoms. The lowest BCUT2D eigenvalue weighted by Gasteiger charge is -2.22. The van der Waals surface area contributed by atoms with Gasteiger partial charge in [-0.15, -0.1) is 24.8 Å². The van der Waals surface area contributed by atoms with Crippen molar-refractivity contribution in [2.24, 2.45) is 5.73 Å². The van der Waals surface area contributed by atoms with E-state index in [-0.39, 0.29) is 42.0 Å². The second-order valence-electron chi connectivity index (χ2n) is 8.27. The Morgan fingerprint density at radius 2 is 1.91 bits per heavy atom.